The Morgan fingerprint density at radius 1 is 1.04 bits per heavy atom. The molecule has 4 rings (SSSR count). The number of carbonyl (C=O) groups excluding carboxylic acids is 1. The highest BCUT2D eigenvalue weighted by atomic mass is 32.2. The van der Waals surface area contributed by atoms with Crippen LogP contribution in [-0.4, -0.2) is 85.7 Å². The Morgan fingerprint density at radius 3 is 2.28 bits per heavy atom. The summed E-state index contributed by atoms with van der Waals surface area (Å²) < 4.78 is 35.7. The number of imidazole rings is 1. The minimum atomic E-state index is -2.81. The number of thiocarbonyl (C=S) groups is 1. The fourth-order valence-electron chi connectivity index (χ4n) is 6.42. The van der Waals surface area contributed by atoms with Gasteiger partial charge in [-0.05, 0) is 52.8 Å². The Balaban J connectivity index is 1.78. The number of nitrogens with zero attached hydrogens (tertiary/aromatic N) is 4. The largest absolute Gasteiger partial charge is 0.468 e. The summed E-state index contributed by atoms with van der Waals surface area (Å²) in [4.78, 5) is 26.5. The maximum Gasteiger partial charge on any atom is 0.343 e. The van der Waals surface area contributed by atoms with Gasteiger partial charge in [0.1, 0.15) is 18.5 Å². The van der Waals surface area contributed by atoms with Gasteiger partial charge in [-0.1, -0.05) is 85.4 Å². The summed E-state index contributed by atoms with van der Waals surface area (Å²) in [6.07, 6.45) is 2.46. The van der Waals surface area contributed by atoms with Crippen LogP contribution in [0.25, 0.3) is 11.2 Å². The van der Waals surface area contributed by atoms with Crippen molar-refractivity contribution < 1.29 is 27.5 Å². The topological polar surface area (TPSA) is 119 Å². The van der Waals surface area contributed by atoms with Crippen LogP contribution in [0, 0.1) is 0 Å². The first-order chi connectivity index (χ1) is 22.3. The third-order valence-corrected chi connectivity index (χ3v) is 17.3. The predicted molar refractivity (Wildman–Crippen MR) is 196 cm³/mol. The van der Waals surface area contributed by atoms with Crippen molar-refractivity contribution in [2.45, 2.75) is 102 Å². The summed E-state index contributed by atoms with van der Waals surface area (Å²) in [5, 5.41) is 2.88. The lowest BCUT2D eigenvalue weighted by atomic mass is 10.1. The van der Waals surface area contributed by atoms with E-state index in [0.29, 0.717) is 44.6 Å². The molecule has 1 saturated heterocycles. The Hall–Kier alpha value is -2.25. The average molecular weight is 720 g/mol. The fourth-order valence-corrected chi connectivity index (χ4v) is 13.1. The lowest BCUT2D eigenvalue weighted by Crippen LogP contribution is -2.54. The minimum Gasteiger partial charge on any atom is -0.468 e. The van der Waals surface area contributed by atoms with Gasteiger partial charge in [-0.15, -0.1) is 0 Å². The molecule has 0 aliphatic carbocycles. The molecule has 258 valence electrons. The SMILES string of the molecule is CO[Si](O[C@H]1[C@@H](OC(=S)SC)[C@H](n2cnc3c(NC(=O)c4ccccc4)ncnc32)O[C@@H]1CO[SiH](C(C)C)C(C)C)(C(C)C)C(C)C. The molecular weight excluding hydrogens is 671 g/mol. The predicted octanol–water partition coefficient (Wildman–Crippen LogP) is 6.86. The third kappa shape index (κ3) is 8.32. The molecule has 1 aliphatic heterocycles. The van der Waals surface area contributed by atoms with E-state index in [2.05, 4.69) is 75.7 Å². The van der Waals surface area contributed by atoms with Crippen molar-refractivity contribution in [3.63, 3.8) is 0 Å². The van der Waals surface area contributed by atoms with Gasteiger partial charge in [-0.25, -0.2) is 15.0 Å². The van der Waals surface area contributed by atoms with Gasteiger partial charge in [0.05, 0.1) is 12.9 Å². The zero-order valence-electron chi connectivity index (χ0n) is 29.0. The van der Waals surface area contributed by atoms with Crippen LogP contribution in [0.2, 0.25) is 22.2 Å². The number of hydrogen-bond acceptors (Lipinski definition) is 11. The standard InChI is InChI=1S/C32H49N5O6S2Si2/c1-19(2)46(20(3)4)40-16-24-26(43-47(39-9,21(5)6)22(7)8)27(42-32(44)45-10)31(41-24)37-18-35-25-28(33-17-34-29(25)37)36-30(38)23-14-12-11-13-15-23/h11-15,17-22,24,26-27,31,46H,16H2,1-10H3,(H,33,34,36,38)/t24-,26-,27-,31-/m1/s1. The summed E-state index contributed by atoms with van der Waals surface area (Å²) in [5.41, 5.74) is 2.57. The van der Waals surface area contributed by atoms with Gasteiger partial charge in [0, 0.05) is 12.7 Å². The second-order valence-corrected chi connectivity index (χ2v) is 22.8. The van der Waals surface area contributed by atoms with Crippen LogP contribution < -0.4 is 5.32 Å². The average Bonchev–Trinajstić information content (AvgIpc) is 3.61. The molecule has 11 nitrogen and oxygen atoms in total. The van der Waals surface area contributed by atoms with Gasteiger partial charge < -0.3 is 28.1 Å². The van der Waals surface area contributed by atoms with E-state index in [-0.39, 0.29) is 17.0 Å². The number of aromatic nitrogens is 4. The highest BCUT2D eigenvalue weighted by Crippen LogP contribution is 2.43. The number of ether oxygens (including phenoxy) is 2. The van der Waals surface area contributed by atoms with Gasteiger partial charge in [-0.2, -0.15) is 0 Å². The number of nitrogens with one attached hydrogen (secondary N) is 1. The molecule has 1 aliphatic rings. The Morgan fingerprint density at radius 2 is 1.70 bits per heavy atom. The van der Waals surface area contributed by atoms with Gasteiger partial charge >= 0.3 is 8.56 Å². The van der Waals surface area contributed by atoms with E-state index in [0.717, 1.165) is 0 Å². The molecule has 1 fully saturated rings. The first-order valence-electron chi connectivity index (χ1n) is 16.1. The number of anilines is 1. The second-order valence-electron chi connectivity index (χ2n) is 13.1. The quantitative estimate of drug-likeness (QED) is 0.139. The summed E-state index contributed by atoms with van der Waals surface area (Å²) in [7, 11) is -2.67. The van der Waals surface area contributed by atoms with E-state index in [4.69, 9.17) is 35.0 Å². The zero-order valence-corrected chi connectivity index (χ0v) is 32.8. The monoisotopic (exact) mass is 719 g/mol. The highest BCUT2D eigenvalue weighted by Gasteiger charge is 2.55. The molecule has 0 radical (unpaired) electrons. The van der Waals surface area contributed by atoms with Crippen LogP contribution in [0.15, 0.2) is 43.0 Å². The molecule has 3 heterocycles. The van der Waals surface area contributed by atoms with Gasteiger partial charge in [0.15, 0.2) is 38.4 Å². The number of rotatable bonds is 14. The summed E-state index contributed by atoms with van der Waals surface area (Å²) in [6, 6.07) is 8.94. The zero-order chi connectivity index (χ0) is 34.5. The molecule has 0 spiro atoms. The highest BCUT2D eigenvalue weighted by molar-refractivity contribution is 8.22. The van der Waals surface area contributed by atoms with Gasteiger partial charge in [-0.3, -0.25) is 9.36 Å². The molecule has 4 atom stereocenters. The minimum absolute atomic E-state index is 0.146. The third-order valence-electron chi connectivity index (χ3n) is 8.60. The van der Waals surface area contributed by atoms with E-state index in [9.17, 15) is 4.79 Å². The molecule has 15 heteroatoms. The molecule has 0 saturated carbocycles. The molecule has 1 N–H and O–H groups in total. The van der Waals surface area contributed by atoms with Crippen molar-refractivity contribution in [1.29, 1.82) is 0 Å². The molecule has 1 amide bonds. The molecule has 1 aromatic carbocycles. The lowest BCUT2D eigenvalue weighted by molar-refractivity contribution is -0.0466. The molecule has 47 heavy (non-hydrogen) atoms. The second kappa shape index (κ2) is 16.4. The number of thioether (sulfide) groups is 1. The summed E-state index contributed by atoms with van der Waals surface area (Å²) >= 11 is 6.95. The molecular formula is C32H49N5O6S2Si2. The summed E-state index contributed by atoms with van der Waals surface area (Å²) in [6.45, 7) is 17.8. The first kappa shape index (κ1) is 37.6. The van der Waals surface area contributed by atoms with Crippen molar-refractivity contribution in [2.75, 3.05) is 25.3 Å². The molecule has 0 bridgehead atoms. The number of fused-ring (bicyclic) bond motifs is 1. The molecule has 0 unspecified atom stereocenters. The van der Waals surface area contributed by atoms with E-state index >= 15 is 0 Å². The van der Waals surface area contributed by atoms with Crippen molar-refractivity contribution in [3.05, 3.63) is 48.5 Å². The van der Waals surface area contributed by atoms with Crippen molar-refractivity contribution in [1.82, 2.24) is 19.5 Å². The van der Waals surface area contributed by atoms with Gasteiger partial charge in [0.2, 0.25) is 4.38 Å². The number of amides is 1. The Bertz CT molecular complexity index is 1480. The molecule has 2 aromatic heterocycles. The fraction of sp³-hybridized carbons (Fsp3) is 0.594. The molecule has 3 aromatic rings. The van der Waals surface area contributed by atoms with Crippen molar-refractivity contribution in [3.8, 4) is 0 Å². The first-order valence-corrected chi connectivity index (χ1v) is 21.5. The van der Waals surface area contributed by atoms with Crippen LogP contribution in [0.1, 0.15) is 72.0 Å². The van der Waals surface area contributed by atoms with Crippen LogP contribution in [-0.2, 0) is 22.8 Å². The number of carbonyl (C=O) groups is 1. The van der Waals surface area contributed by atoms with Crippen molar-refractivity contribution >= 4 is 68.9 Å². The van der Waals surface area contributed by atoms with E-state index < -0.39 is 42.1 Å². The van der Waals surface area contributed by atoms with E-state index in [1.165, 1.54) is 18.1 Å². The van der Waals surface area contributed by atoms with Crippen LogP contribution in [0.5, 0.6) is 0 Å². The van der Waals surface area contributed by atoms with Crippen LogP contribution in [0.3, 0.4) is 0 Å². The Labute approximate surface area is 290 Å². The Kier molecular flexibility index (Phi) is 13.1. The lowest BCUT2D eigenvalue weighted by Gasteiger charge is -2.40. The van der Waals surface area contributed by atoms with Crippen molar-refractivity contribution in [2.24, 2.45) is 0 Å². The van der Waals surface area contributed by atoms with Gasteiger partial charge in [0.25, 0.3) is 5.91 Å². The maximum atomic E-state index is 13.0. The normalized spacial score (nSPS) is 20.3. The number of benzene rings is 1. The van der Waals surface area contributed by atoms with Crippen LogP contribution >= 0.6 is 24.0 Å². The van der Waals surface area contributed by atoms with E-state index in [1.807, 2.05) is 12.3 Å². The number of hydrogen-bond donors (Lipinski definition) is 1. The maximum absolute atomic E-state index is 13.0. The van der Waals surface area contributed by atoms with E-state index in [1.54, 1.807) is 42.3 Å². The summed E-state index contributed by atoms with van der Waals surface area (Å²) in [5.74, 6) is -0.00903. The van der Waals surface area contributed by atoms with Crippen LogP contribution in [0.4, 0.5) is 5.82 Å². The smallest absolute Gasteiger partial charge is 0.343 e.